The van der Waals surface area contributed by atoms with Gasteiger partial charge in [0.2, 0.25) is 0 Å². The summed E-state index contributed by atoms with van der Waals surface area (Å²) < 4.78 is 5.55. The van der Waals surface area contributed by atoms with Crippen molar-refractivity contribution in [2.75, 3.05) is 20.7 Å². The third-order valence-corrected chi connectivity index (χ3v) is 3.75. The Morgan fingerprint density at radius 3 is 2.60 bits per heavy atom. The Labute approximate surface area is 93.4 Å². The van der Waals surface area contributed by atoms with Gasteiger partial charge in [0.1, 0.15) is 0 Å². The Hall–Kier alpha value is -0.120. The van der Waals surface area contributed by atoms with Crippen molar-refractivity contribution in [1.29, 1.82) is 0 Å². The minimum absolute atomic E-state index is 0.154. The first-order chi connectivity index (χ1) is 6.94. The Balaban J connectivity index is 2.31. The summed E-state index contributed by atoms with van der Waals surface area (Å²) in [6.45, 7) is 5.05. The molecule has 1 rings (SSSR count). The fourth-order valence-electron chi connectivity index (χ4n) is 1.87. The van der Waals surface area contributed by atoms with E-state index in [0.29, 0.717) is 6.10 Å². The van der Waals surface area contributed by atoms with Crippen molar-refractivity contribution in [3.05, 3.63) is 0 Å². The standard InChI is InChI=1S/C12H25NO2/c1-12(2,13(3)4)11(14)8-7-10-6-5-9-15-10/h10-11,14H,5-9H2,1-4H3. The number of aliphatic hydroxyl groups is 1. The third-order valence-electron chi connectivity index (χ3n) is 3.75. The maximum absolute atomic E-state index is 10.1. The van der Waals surface area contributed by atoms with Crippen LogP contribution in [0.2, 0.25) is 0 Å². The van der Waals surface area contributed by atoms with E-state index in [0.717, 1.165) is 25.9 Å². The number of nitrogens with zero attached hydrogens (tertiary/aromatic N) is 1. The molecule has 3 nitrogen and oxygen atoms in total. The first-order valence-corrected chi connectivity index (χ1v) is 5.91. The number of likely N-dealkylation sites (N-methyl/N-ethyl adjacent to an activating group) is 1. The van der Waals surface area contributed by atoms with Crippen molar-refractivity contribution in [2.24, 2.45) is 0 Å². The fourth-order valence-corrected chi connectivity index (χ4v) is 1.87. The third kappa shape index (κ3) is 3.44. The van der Waals surface area contributed by atoms with Crippen LogP contribution in [0.4, 0.5) is 0 Å². The second-order valence-electron chi connectivity index (χ2n) is 5.28. The minimum atomic E-state index is -0.281. The quantitative estimate of drug-likeness (QED) is 0.757. The van der Waals surface area contributed by atoms with E-state index < -0.39 is 0 Å². The summed E-state index contributed by atoms with van der Waals surface area (Å²) in [5.74, 6) is 0. The molecule has 0 aromatic heterocycles. The Morgan fingerprint density at radius 1 is 1.47 bits per heavy atom. The van der Waals surface area contributed by atoms with Gasteiger partial charge in [0.15, 0.2) is 0 Å². The topological polar surface area (TPSA) is 32.7 Å². The SMILES string of the molecule is CN(C)C(C)(C)C(O)CCC1CCCO1. The van der Waals surface area contributed by atoms with Gasteiger partial charge in [-0.05, 0) is 53.6 Å². The highest BCUT2D eigenvalue weighted by molar-refractivity contribution is 4.86. The van der Waals surface area contributed by atoms with Crippen LogP contribution in [-0.2, 0) is 4.74 Å². The number of hydrogen-bond acceptors (Lipinski definition) is 3. The number of aliphatic hydroxyl groups excluding tert-OH is 1. The van der Waals surface area contributed by atoms with Gasteiger partial charge in [0.05, 0.1) is 12.2 Å². The van der Waals surface area contributed by atoms with E-state index in [1.165, 1.54) is 6.42 Å². The molecule has 1 N–H and O–H groups in total. The van der Waals surface area contributed by atoms with Crippen molar-refractivity contribution in [3.8, 4) is 0 Å². The van der Waals surface area contributed by atoms with Crippen molar-refractivity contribution in [2.45, 2.75) is 57.3 Å². The van der Waals surface area contributed by atoms with Crippen LogP contribution in [0, 0.1) is 0 Å². The van der Waals surface area contributed by atoms with Crippen LogP contribution in [-0.4, -0.2) is 48.5 Å². The van der Waals surface area contributed by atoms with Gasteiger partial charge in [-0.3, -0.25) is 0 Å². The van der Waals surface area contributed by atoms with Gasteiger partial charge in [-0.2, -0.15) is 0 Å². The summed E-state index contributed by atoms with van der Waals surface area (Å²) in [7, 11) is 4.02. The van der Waals surface area contributed by atoms with Crippen molar-refractivity contribution in [3.63, 3.8) is 0 Å². The average molecular weight is 215 g/mol. The lowest BCUT2D eigenvalue weighted by Crippen LogP contribution is -2.48. The summed E-state index contributed by atoms with van der Waals surface area (Å²) >= 11 is 0. The lowest BCUT2D eigenvalue weighted by Gasteiger charge is -2.37. The van der Waals surface area contributed by atoms with Gasteiger partial charge in [-0.25, -0.2) is 0 Å². The summed E-state index contributed by atoms with van der Waals surface area (Å²) in [6, 6.07) is 0. The van der Waals surface area contributed by atoms with Crippen LogP contribution >= 0.6 is 0 Å². The molecule has 0 aromatic rings. The lowest BCUT2D eigenvalue weighted by atomic mass is 9.91. The van der Waals surface area contributed by atoms with E-state index in [1.54, 1.807) is 0 Å². The zero-order valence-electron chi connectivity index (χ0n) is 10.5. The summed E-state index contributed by atoms with van der Waals surface area (Å²) in [5, 5.41) is 10.1. The molecular formula is C12H25NO2. The van der Waals surface area contributed by atoms with Gasteiger partial charge in [0.25, 0.3) is 0 Å². The van der Waals surface area contributed by atoms with Crippen LogP contribution in [0.5, 0.6) is 0 Å². The highest BCUT2D eigenvalue weighted by Gasteiger charge is 2.30. The molecule has 2 unspecified atom stereocenters. The second-order valence-corrected chi connectivity index (χ2v) is 5.28. The molecule has 0 aliphatic carbocycles. The number of rotatable bonds is 5. The molecule has 1 aliphatic heterocycles. The van der Waals surface area contributed by atoms with Crippen LogP contribution in [0.25, 0.3) is 0 Å². The minimum Gasteiger partial charge on any atom is -0.391 e. The number of hydrogen-bond donors (Lipinski definition) is 1. The van der Waals surface area contributed by atoms with Gasteiger partial charge in [-0.1, -0.05) is 0 Å². The molecule has 0 saturated carbocycles. The largest absolute Gasteiger partial charge is 0.391 e. The molecular weight excluding hydrogens is 190 g/mol. The lowest BCUT2D eigenvalue weighted by molar-refractivity contribution is 0.000287. The molecule has 3 heteroatoms. The number of ether oxygens (including phenoxy) is 1. The predicted octanol–water partition coefficient (Wildman–Crippen LogP) is 1.65. The molecule has 15 heavy (non-hydrogen) atoms. The molecule has 1 fully saturated rings. The average Bonchev–Trinajstić information content (AvgIpc) is 2.66. The molecule has 90 valence electrons. The predicted molar refractivity (Wildman–Crippen MR) is 62.0 cm³/mol. The van der Waals surface area contributed by atoms with Gasteiger partial charge in [0, 0.05) is 12.1 Å². The maximum atomic E-state index is 10.1. The van der Waals surface area contributed by atoms with Crippen LogP contribution in [0.3, 0.4) is 0 Å². The van der Waals surface area contributed by atoms with Gasteiger partial charge >= 0.3 is 0 Å². The van der Waals surface area contributed by atoms with E-state index in [4.69, 9.17) is 4.74 Å². The first-order valence-electron chi connectivity index (χ1n) is 5.91. The van der Waals surface area contributed by atoms with Crippen LogP contribution in [0.1, 0.15) is 39.5 Å². The molecule has 0 aromatic carbocycles. The van der Waals surface area contributed by atoms with Gasteiger partial charge < -0.3 is 14.7 Å². The van der Waals surface area contributed by atoms with Crippen molar-refractivity contribution in [1.82, 2.24) is 4.90 Å². The molecule has 0 radical (unpaired) electrons. The zero-order chi connectivity index (χ0) is 11.5. The molecule has 1 heterocycles. The summed E-state index contributed by atoms with van der Waals surface area (Å²) in [6.07, 6.45) is 4.26. The Bertz CT molecular complexity index is 186. The zero-order valence-corrected chi connectivity index (χ0v) is 10.5. The van der Waals surface area contributed by atoms with Crippen LogP contribution in [0.15, 0.2) is 0 Å². The first kappa shape index (κ1) is 12.9. The van der Waals surface area contributed by atoms with E-state index in [-0.39, 0.29) is 11.6 Å². The molecule has 2 atom stereocenters. The maximum Gasteiger partial charge on any atom is 0.0719 e. The normalized spacial score (nSPS) is 24.8. The van der Waals surface area contributed by atoms with E-state index in [9.17, 15) is 5.11 Å². The monoisotopic (exact) mass is 215 g/mol. The smallest absolute Gasteiger partial charge is 0.0719 e. The highest BCUT2D eigenvalue weighted by atomic mass is 16.5. The molecule has 0 spiro atoms. The fraction of sp³-hybridized carbons (Fsp3) is 1.00. The second kappa shape index (κ2) is 5.28. The summed E-state index contributed by atoms with van der Waals surface area (Å²) in [4.78, 5) is 2.08. The summed E-state index contributed by atoms with van der Waals surface area (Å²) in [5.41, 5.74) is -0.154. The van der Waals surface area contributed by atoms with E-state index in [1.807, 2.05) is 14.1 Å². The Morgan fingerprint density at radius 2 is 2.13 bits per heavy atom. The molecule has 0 amide bonds. The molecule has 1 saturated heterocycles. The molecule has 1 aliphatic rings. The van der Waals surface area contributed by atoms with E-state index >= 15 is 0 Å². The molecule has 0 bridgehead atoms. The van der Waals surface area contributed by atoms with E-state index in [2.05, 4.69) is 18.7 Å². The van der Waals surface area contributed by atoms with Crippen molar-refractivity contribution < 1.29 is 9.84 Å². The Kier molecular flexibility index (Phi) is 4.56. The highest BCUT2D eigenvalue weighted by Crippen LogP contribution is 2.23. The van der Waals surface area contributed by atoms with Crippen LogP contribution < -0.4 is 0 Å². The van der Waals surface area contributed by atoms with Gasteiger partial charge in [-0.15, -0.1) is 0 Å². The van der Waals surface area contributed by atoms with Crippen molar-refractivity contribution >= 4 is 0 Å².